The van der Waals surface area contributed by atoms with Gasteiger partial charge in [-0.3, -0.25) is 9.59 Å². The highest BCUT2D eigenvalue weighted by Gasteiger charge is 2.09. The zero-order chi connectivity index (χ0) is 30.8. The van der Waals surface area contributed by atoms with Gasteiger partial charge in [-0.05, 0) is 77.6 Å². The predicted molar refractivity (Wildman–Crippen MR) is 181 cm³/mol. The van der Waals surface area contributed by atoms with Gasteiger partial charge in [-0.2, -0.15) is 0 Å². The zero-order valence-electron chi connectivity index (χ0n) is 27.5. The number of hydrogen-bond donors (Lipinski definition) is 1. The van der Waals surface area contributed by atoms with E-state index in [0.717, 1.165) is 77.0 Å². The van der Waals surface area contributed by atoms with Crippen LogP contribution >= 0.6 is 0 Å². The standard InChI is InChI=1S/C38H66O4/c1-3-4-5-6-7-8-9-10-11-12-13-14-15-16-20-23-26-29-32-35-38(41)42-36(2)33-30-27-24-21-18-17-19-22-25-28-31-34-37(39)40/h7-8,10-11,13-14,16,20,36H,3-6,9,12,15,17-19,21-35H2,1-2H3,(H,39,40)/b8-7-,11-10-,14-13-,20-16-. The molecule has 0 saturated carbocycles. The number of rotatable bonds is 31. The summed E-state index contributed by atoms with van der Waals surface area (Å²) in [6.45, 7) is 4.27. The molecule has 0 aliphatic carbocycles. The molecule has 0 amide bonds. The molecule has 0 bridgehead atoms. The minimum Gasteiger partial charge on any atom is -0.481 e. The lowest BCUT2D eigenvalue weighted by molar-refractivity contribution is -0.148. The van der Waals surface area contributed by atoms with Gasteiger partial charge in [0, 0.05) is 12.8 Å². The van der Waals surface area contributed by atoms with Crippen LogP contribution in [0.25, 0.3) is 0 Å². The summed E-state index contributed by atoms with van der Waals surface area (Å²) >= 11 is 0. The Morgan fingerprint density at radius 1 is 0.548 bits per heavy atom. The Kier molecular flexibility index (Phi) is 31.7. The van der Waals surface area contributed by atoms with E-state index in [1.807, 2.05) is 6.92 Å². The van der Waals surface area contributed by atoms with E-state index in [2.05, 4.69) is 55.5 Å². The van der Waals surface area contributed by atoms with E-state index < -0.39 is 5.97 Å². The second-order valence-corrected chi connectivity index (χ2v) is 11.8. The minimum absolute atomic E-state index is 0.0299. The van der Waals surface area contributed by atoms with E-state index in [9.17, 15) is 9.59 Å². The first-order valence-corrected chi connectivity index (χ1v) is 17.6. The van der Waals surface area contributed by atoms with Crippen LogP contribution in [0.3, 0.4) is 0 Å². The van der Waals surface area contributed by atoms with Crippen molar-refractivity contribution in [3.8, 4) is 0 Å². The Bertz CT molecular complexity index is 719. The maximum absolute atomic E-state index is 12.1. The summed E-state index contributed by atoms with van der Waals surface area (Å²) in [6.07, 6.45) is 45.3. The average Bonchev–Trinajstić information content (AvgIpc) is 2.96. The first-order chi connectivity index (χ1) is 20.6. The molecule has 0 aromatic heterocycles. The number of ether oxygens (including phenoxy) is 1. The highest BCUT2D eigenvalue weighted by atomic mass is 16.5. The zero-order valence-corrected chi connectivity index (χ0v) is 27.5. The van der Waals surface area contributed by atoms with Crippen molar-refractivity contribution in [2.24, 2.45) is 0 Å². The van der Waals surface area contributed by atoms with E-state index in [1.54, 1.807) is 0 Å². The second-order valence-electron chi connectivity index (χ2n) is 11.8. The molecule has 1 N–H and O–H groups in total. The van der Waals surface area contributed by atoms with Crippen molar-refractivity contribution >= 4 is 11.9 Å². The van der Waals surface area contributed by atoms with Gasteiger partial charge in [0.05, 0.1) is 6.10 Å². The van der Waals surface area contributed by atoms with E-state index in [4.69, 9.17) is 9.84 Å². The van der Waals surface area contributed by atoms with Gasteiger partial charge in [0.1, 0.15) is 0 Å². The number of hydrogen-bond acceptors (Lipinski definition) is 3. The number of carbonyl (C=O) groups is 2. The van der Waals surface area contributed by atoms with Crippen LogP contribution in [-0.4, -0.2) is 23.1 Å². The second kappa shape index (κ2) is 33.4. The van der Waals surface area contributed by atoms with Crippen LogP contribution in [0.15, 0.2) is 48.6 Å². The monoisotopic (exact) mass is 586 g/mol. The van der Waals surface area contributed by atoms with Gasteiger partial charge in [0.15, 0.2) is 0 Å². The molecule has 242 valence electrons. The van der Waals surface area contributed by atoms with Gasteiger partial charge < -0.3 is 9.84 Å². The van der Waals surface area contributed by atoms with Crippen LogP contribution in [0.5, 0.6) is 0 Å². The third-order valence-corrected chi connectivity index (χ3v) is 7.54. The highest BCUT2D eigenvalue weighted by molar-refractivity contribution is 5.69. The van der Waals surface area contributed by atoms with E-state index in [-0.39, 0.29) is 12.1 Å². The molecule has 0 aliphatic rings. The number of esters is 1. The number of allylic oxidation sites excluding steroid dienone is 8. The van der Waals surface area contributed by atoms with E-state index in [0.29, 0.717) is 12.8 Å². The molecule has 1 atom stereocenters. The van der Waals surface area contributed by atoms with Crippen molar-refractivity contribution in [2.75, 3.05) is 0 Å². The summed E-state index contributed by atoms with van der Waals surface area (Å²) in [5.74, 6) is -0.717. The molecule has 0 spiro atoms. The Balaban J connectivity index is 3.46. The summed E-state index contributed by atoms with van der Waals surface area (Å²) < 4.78 is 5.60. The molecular weight excluding hydrogens is 520 g/mol. The number of carboxylic acids is 1. The van der Waals surface area contributed by atoms with Crippen molar-refractivity contribution in [3.05, 3.63) is 48.6 Å². The molecule has 0 heterocycles. The molecule has 0 aromatic rings. The van der Waals surface area contributed by atoms with E-state index >= 15 is 0 Å². The number of unbranched alkanes of at least 4 members (excludes halogenated alkanes) is 16. The molecule has 4 heteroatoms. The van der Waals surface area contributed by atoms with Gasteiger partial charge in [-0.1, -0.05) is 133 Å². The quantitative estimate of drug-likeness (QED) is 0.0498. The molecule has 0 saturated heterocycles. The number of carbonyl (C=O) groups excluding carboxylic acids is 1. The Labute approximate surface area is 260 Å². The SMILES string of the molecule is CCCCC/C=C\C/C=C\C/C=C\C/C=C\CCCCCC(=O)OC(C)CCCCCCCCCCCCCC(=O)O. The largest absolute Gasteiger partial charge is 0.481 e. The Morgan fingerprint density at radius 2 is 0.952 bits per heavy atom. The minimum atomic E-state index is -0.678. The number of carboxylic acid groups (broad SMARTS) is 1. The van der Waals surface area contributed by atoms with Crippen LogP contribution in [-0.2, 0) is 14.3 Å². The van der Waals surface area contributed by atoms with Gasteiger partial charge in [-0.15, -0.1) is 0 Å². The van der Waals surface area contributed by atoms with Crippen LogP contribution in [0.1, 0.15) is 174 Å². The summed E-state index contributed by atoms with van der Waals surface area (Å²) in [7, 11) is 0. The normalized spacial score (nSPS) is 12.8. The first-order valence-electron chi connectivity index (χ1n) is 17.6. The third kappa shape index (κ3) is 34.1. The van der Waals surface area contributed by atoms with Gasteiger partial charge in [0.25, 0.3) is 0 Å². The molecule has 0 aromatic carbocycles. The summed E-state index contributed by atoms with van der Waals surface area (Å²) in [4.78, 5) is 22.6. The molecule has 1 unspecified atom stereocenters. The third-order valence-electron chi connectivity index (χ3n) is 7.54. The van der Waals surface area contributed by atoms with Crippen molar-refractivity contribution in [2.45, 2.75) is 180 Å². The lowest BCUT2D eigenvalue weighted by Gasteiger charge is -2.13. The molecule has 0 aliphatic heterocycles. The smallest absolute Gasteiger partial charge is 0.306 e. The predicted octanol–water partition coefficient (Wildman–Crippen LogP) is 12.0. The molecule has 0 fully saturated rings. The fraction of sp³-hybridized carbons (Fsp3) is 0.737. The molecule has 0 radical (unpaired) electrons. The summed E-state index contributed by atoms with van der Waals surface area (Å²) in [5, 5.41) is 8.63. The van der Waals surface area contributed by atoms with Gasteiger partial charge >= 0.3 is 11.9 Å². The van der Waals surface area contributed by atoms with Crippen molar-refractivity contribution in [1.82, 2.24) is 0 Å². The van der Waals surface area contributed by atoms with Gasteiger partial charge in [0.2, 0.25) is 0 Å². The van der Waals surface area contributed by atoms with Crippen molar-refractivity contribution in [1.29, 1.82) is 0 Å². The van der Waals surface area contributed by atoms with Crippen molar-refractivity contribution < 1.29 is 19.4 Å². The topological polar surface area (TPSA) is 63.6 Å². The average molecular weight is 587 g/mol. The first kappa shape index (κ1) is 39.9. The fourth-order valence-corrected chi connectivity index (χ4v) is 4.91. The molecule has 4 nitrogen and oxygen atoms in total. The lowest BCUT2D eigenvalue weighted by Crippen LogP contribution is -2.14. The van der Waals surface area contributed by atoms with Gasteiger partial charge in [-0.25, -0.2) is 0 Å². The summed E-state index contributed by atoms with van der Waals surface area (Å²) in [6, 6.07) is 0. The maximum atomic E-state index is 12.1. The fourth-order valence-electron chi connectivity index (χ4n) is 4.91. The molecule has 42 heavy (non-hydrogen) atoms. The highest BCUT2D eigenvalue weighted by Crippen LogP contribution is 2.14. The lowest BCUT2D eigenvalue weighted by atomic mass is 10.0. The van der Waals surface area contributed by atoms with Crippen LogP contribution in [0.4, 0.5) is 0 Å². The Morgan fingerprint density at radius 3 is 1.45 bits per heavy atom. The molecular formula is C38H66O4. The van der Waals surface area contributed by atoms with Crippen molar-refractivity contribution in [3.63, 3.8) is 0 Å². The van der Waals surface area contributed by atoms with E-state index in [1.165, 1.54) is 70.6 Å². The van der Waals surface area contributed by atoms with Crippen LogP contribution < -0.4 is 0 Å². The maximum Gasteiger partial charge on any atom is 0.306 e. The molecule has 0 rings (SSSR count). The summed E-state index contributed by atoms with van der Waals surface area (Å²) in [5.41, 5.74) is 0. The van der Waals surface area contributed by atoms with Crippen LogP contribution in [0.2, 0.25) is 0 Å². The Hall–Kier alpha value is -2.10. The number of aliphatic carboxylic acids is 1. The van der Waals surface area contributed by atoms with Crippen LogP contribution in [0, 0.1) is 0 Å².